The molecular formula is C11H17NO4S2. The van der Waals surface area contributed by atoms with Gasteiger partial charge < -0.3 is 4.74 Å². The van der Waals surface area contributed by atoms with Crippen molar-refractivity contribution in [1.29, 1.82) is 0 Å². The van der Waals surface area contributed by atoms with E-state index in [-0.39, 0.29) is 12.3 Å². The Labute approximate surface area is 117 Å². The molecule has 1 N–H and O–H groups in total. The number of hydrogen-bond acceptors (Lipinski definition) is 7. The number of ketones is 1. The van der Waals surface area contributed by atoms with Gasteiger partial charge in [-0.1, -0.05) is 0 Å². The van der Waals surface area contributed by atoms with Gasteiger partial charge in [0.15, 0.2) is 0 Å². The summed E-state index contributed by atoms with van der Waals surface area (Å²) in [7, 11) is 1.34. The SMILES string of the molecule is CCOC(=O)C=C(NOC)C(=O)C=C(CS)CS. The number of ether oxygens (including phenoxy) is 1. The molecule has 0 unspecified atom stereocenters. The standard InChI is InChI=1S/C11H17NO4S2/c1-3-16-11(14)5-9(12-15-2)10(13)4-8(6-17)7-18/h4-5,12,17-18H,3,6-7H2,1-2H3. The highest BCUT2D eigenvalue weighted by atomic mass is 32.1. The van der Waals surface area contributed by atoms with Crippen LogP contribution in [0.1, 0.15) is 6.92 Å². The maximum absolute atomic E-state index is 11.8. The Hall–Kier alpha value is -0.920. The molecule has 0 aromatic rings. The summed E-state index contributed by atoms with van der Waals surface area (Å²) in [6, 6.07) is 0. The second-order valence-corrected chi connectivity index (χ2v) is 3.73. The Morgan fingerprint density at radius 1 is 1.22 bits per heavy atom. The van der Waals surface area contributed by atoms with Crippen LogP contribution in [-0.2, 0) is 19.2 Å². The Kier molecular flexibility index (Phi) is 9.53. The fraction of sp³-hybridized carbons (Fsp3) is 0.455. The fourth-order valence-corrected chi connectivity index (χ4v) is 1.55. The normalized spacial score (nSPS) is 10.8. The zero-order chi connectivity index (χ0) is 14.0. The summed E-state index contributed by atoms with van der Waals surface area (Å²) in [5, 5.41) is 0. The molecule has 102 valence electrons. The van der Waals surface area contributed by atoms with Crippen molar-refractivity contribution in [3.8, 4) is 0 Å². The van der Waals surface area contributed by atoms with Crippen LogP contribution < -0.4 is 5.48 Å². The third kappa shape index (κ3) is 6.73. The lowest BCUT2D eigenvalue weighted by molar-refractivity contribution is -0.137. The maximum Gasteiger partial charge on any atom is 0.333 e. The van der Waals surface area contributed by atoms with E-state index in [4.69, 9.17) is 4.74 Å². The lowest BCUT2D eigenvalue weighted by atomic mass is 10.2. The van der Waals surface area contributed by atoms with E-state index in [0.717, 1.165) is 11.6 Å². The molecule has 0 spiro atoms. The third-order valence-electron chi connectivity index (χ3n) is 1.77. The monoisotopic (exact) mass is 291 g/mol. The van der Waals surface area contributed by atoms with Crippen molar-refractivity contribution in [1.82, 2.24) is 5.48 Å². The molecule has 0 aliphatic rings. The number of carbonyl (C=O) groups excluding carboxylic acids is 2. The van der Waals surface area contributed by atoms with Crippen LogP contribution in [0.2, 0.25) is 0 Å². The van der Waals surface area contributed by atoms with Gasteiger partial charge in [-0.15, -0.1) is 0 Å². The lowest BCUT2D eigenvalue weighted by Crippen LogP contribution is -2.20. The van der Waals surface area contributed by atoms with Crippen LogP contribution in [0, 0.1) is 0 Å². The highest BCUT2D eigenvalue weighted by Gasteiger charge is 2.10. The summed E-state index contributed by atoms with van der Waals surface area (Å²) in [5.74, 6) is -0.191. The Morgan fingerprint density at radius 3 is 2.28 bits per heavy atom. The maximum atomic E-state index is 11.8. The molecule has 0 saturated heterocycles. The molecule has 0 aromatic heterocycles. The van der Waals surface area contributed by atoms with Gasteiger partial charge in [-0.05, 0) is 18.6 Å². The smallest absolute Gasteiger partial charge is 0.333 e. The molecule has 18 heavy (non-hydrogen) atoms. The van der Waals surface area contributed by atoms with E-state index in [1.807, 2.05) is 0 Å². The van der Waals surface area contributed by atoms with Crippen molar-refractivity contribution in [3.05, 3.63) is 23.4 Å². The van der Waals surface area contributed by atoms with Crippen LogP contribution in [0.5, 0.6) is 0 Å². The average molecular weight is 291 g/mol. The molecule has 7 heteroatoms. The predicted molar refractivity (Wildman–Crippen MR) is 75.7 cm³/mol. The van der Waals surface area contributed by atoms with E-state index in [0.29, 0.717) is 11.5 Å². The van der Waals surface area contributed by atoms with Gasteiger partial charge in [0, 0.05) is 11.5 Å². The summed E-state index contributed by atoms with van der Waals surface area (Å²) in [6.45, 7) is 1.91. The van der Waals surface area contributed by atoms with Crippen LogP contribution in [-0.4, -0.2) is 37.0 Å². The van der Waals surface area contributed by atoms with Crippen LogP contribution >= 0.6 is 25.3 Å². The molecule has 0 saturated carbocycles. The van der Waals surface area contributed by atoms with Crippen molar-refractivity contribution in [3.63, 3.8) is 0 Å². The number of hydrogen-bond donors (Lipinski definition) is 3. The van der Waals surface area contributed by atoms with Gasteiger partial charge in [0.05, 0.1) is 19.8 Å². The summed E-state index contributed by atoms with van der Waals surface area (Å²) in [5.41, 5.74) is 3.07. The first-order chi connectivity index (χ1) is 8.58. The summed E-state index contributed by atoms with van der Waals surface area (Å²) in [4.78, 5) is 27.7. The summed E-state index contributed by atoms with van der Waals surface area (Å²) >= 11 is 8.12. The molecule has 0 amide bonds. The lowest BCUT2D eigenvalue weighted by Gasteiger charge is -2.06. The molecule has 0 bridgehead atoms. The highest BCUT2D eigenvalue weighted by Crippen LogP contribution is 2.04. The van der Waals surface area contributed by atoms with E-state index in [1.165, 1.54) is 13.2 Å². The van der Waals surface area contributed by atoms with Gasteiger partial charge in [0.25, 0.3) is 0 Å². The molecule has 5 nitrogen and oxygen atoms in total. The van der Waals surface area contributed by atoms with Crippen LogP contribution in [0.4, 0.5) is 0 Å². The van der Waals surface area contributed by atoms with E-state index >= 15 is 0 Å². The number of allylic oxidation sites excluding steroid dienone is 1. The number of hydroxylamine groups is 1. The molecular weight excluding hydrogens is 274 g/mol. The number of esters is 1. The second kappa shape index (κ2) is 10.0. The Balaban J connectivity index is 4.94. The molecule has 0 aromatic carbocycles. The van der Waals surface area contributed by atoms with Crippen molar-refractivity contribution in [2.75, 3.05) is 25.2 Å². The van der Waals surface area contributed by atoms with E-state index in [1.54, 1.807) is 6.92 Å². The molecule has 0 heterocycles. The third-order valence-corrected chi connectivity index (χ3v) is 2.58. The molecule has 0 aliphatic carbocycles. The fourth-order valence-electron chi connectivity index (χ4n) is 0.967. The summed E-state index contributed by atoms with van der Waals surface area (Å²) < 4.78 is 4.71. The minimum absolute atomic E-state index is 0.00276. The van der Waals surface area contributed by atoms with Gasteiger partial charge in [-0.3, -0.25) is 15.1 Å². The van der Waals surface area contributed by atoms with E-state index in [2.05, 4.69) is 35.6 Å². The topological polar surface area (TPSA) is 64.6 Å². The van der Waals surface area contributed by atoms with Crippen LogP contribution in [0.15, 0.2) is 23.4 Å². The van der Waals surface area contributed by atoms with Crippen molar-refractivity contribution >= 4 is 37.0 Å². The minimum Gasteiger partial charge on any atom is -0.463 e. The molecule has 0 aliphatic heterocycles. The van der Waals surface area contributed by atoms with Gasteiger partial charge in [0.1, 0.15) is 5.70 Å². The van der Waals surface area contributed by atoms with Gasteiger partial charge >= 0.3 is 5.97 Å². The molecule has 0 fully saturated rings. The first-order valence-corrected chi connectivity index (χ1v) is 6.48. The molecule has 0 atom stereocenters. The van der Waals surface area contributed by atoms with Crippen LogP contribution in [0.25, 0.3) is 0 Å². The number of carbonyl (C=O) groups is 2. The van der Waals surface area contributed by atoms with Gasteiger partial charge in [0.2, 0.25) is 5.78 Å². The first kappa shape index (κ1) is 17.1. The van der Waals surface area contributed by atoms with Gasteiger partial charge in [-0.2, -0.15) is 25.3 Å². The Bertz CT molecular complexity index is 347. The van der Waals surface area contributed by atoms with E-state index in [9.17, 15) is 9.59 Å². The van der Waals surface area contributed by atoms with Crippen molar-refractivity contribution in [2.45, 2.75) is 6.92 Å². The number of nitrogens with one attached hydrogen (secondary N) is 1. The summed E-state index contributed by atoms with van der Waals surface area (Å²) in [6.07, 6.45) is 2.40. The largest absolute Gasteiger partial charge is 0.463 e. The first-order valence-electron chi connectivity index (χ1n) is 5.21. The minimum atomic E-state index is -0.614. The quantitative estimate of drug-likeness (QED) is 0.269. The average Bonchev–Trinajstić information content (AvgIpc) is 2.35. The van der Waals surface area contributed by atoms with Crippen molar-refractivity contribution < 1.29 is 19.2 Å². The van der Waals surface area contributed by atoms with Gasteiger partial charge in [-0.25, -0.2) is 4.79 Å². The zero-order valence-corrected chi connectivity index (χ0v) is 12.1. The number of rotatable bonds is 8. The number of thiol groups is 2. The zero-order valence-electron chi connectivity index (χ0n) is 10.3. The molecule has 0 rings (SSSR count). The van der Waals surface area contributed by atoms with Crippen molar-refractivity contribution in [2.24, 2.45) is 0 Å². The van der Waals surface area contributed by atoms with E-state index < -0.39 is 11.8 Å². The second-order valence-electron chi connectivity index (χ2n) is 3.10. The molecule has 0 radical (unpaired) electrons. The highest BCUT2D eigenvalue weighted by molar-refractivity contribution is 7.81. The Morgan fingerprint density at radius 2 is 1.83 bits per heavy atom. The predicted octanol–water partition coefficient (Wildman–Crippen LogP) is 0.940. The van der Waals surface area contributed by atoms with Crippen LogP contribution in [0.3, 0.4) is 0 Å².